The van der Waals surface area contributed by atoms with Gasteiger partial charge in [-0.25, -0.2) is 0 Å². The summed E-state index contributed by atoms with van der Waals surface area (Å²) in [6.07, 6.45) is 2.75. The number of aromatic nitrogens is 2. The maximum absolute atomic E-state index is 12.5. The molecule has 150 valence electrons. The van der Waals surface area contributed by atoms with Crippen LogP contribution in [-0.2, 0) is 17.8 Å². The maximum atomic E-state index is 12.5. The van der Waals surface area contributed by atoms with Crippen molar-refractivity contribution in [3.63, 3.8) is 0 Å². The number of aryl methyl sites for hydroxylation is 1. The number of piperidine rings is 1. The van der Waals surface area contributed by atoms with Crippen LogP contribution >= 0.6 is 0 Å². The van der Waals surface area contributed by atoms with Gasteiger partial charge in [-0.15, -0.1) is 0 Å². The molecule has 6 nitrogen and oxygen atoms in total. The summed E-state index contributed by atoms with van der Waals surface area (Å²) < 4.78 is 5.47. The second kappa shape index (κ2) is 9.01. The Kier molecular flexibility index (Phi) is 6.00. The van der Waals surface area contributed by atoms with Crippen LogP contribution in [0.5, 0.6) is 0 Å². The van der Waals surface area contributed by atoms with Crippen molar-refractivity contribution in [2.24, 2.45) is 5.92 Å². The summed E-state index contributed by atoms with van der Waals surface area (Å²) in [5.74, 6) is 1.47. The van der Waals surface area contributed by atoms with Gasteiger partial charge in [0, 0.05) is 30.0 Å². The van der Waals surface area contributed by atoms with Crippen LogP contribution in [0.3, 0.4) is 0 Å². The van der Waals surface area contributed by atoms with Gasteiger partial charge in [-0.3, -0.25) is 4.79 Å². The van der Waals surface area contributed by atoms with E-state index in [4.69, 9.17) is 4.52 Å². The van der Waals surface area contributed by atoms with Gasteiger partial charge in [-0.1, -0.05) is 54.5 Å². The Hall–Kier alpha value is -2.99. The first-order valence-electron chi connectivity index (χ1n) is 10.3. The molecular formula is C23H27N4O2+. The number of amides is 1. The lowest BCUT2D eigenvalue weighted by molar-refractivity contribution is -0.920. The van der Waals surface area contributed by atoms with Crippen LogP contribution in [-0.4, -0.2) is 29.1 Å². The summed E-state index contributed by atoms with van der Waals surface area (Å²) in [7, 11) is 0. The Bertz CT molecular complexity index is 929. The van der Waals surface area contributed by atoms with Gasteiger partial charge < -0.3 is 14.7 Å². The molecule has 0 radical (unpaired) electrons. The Labute approximate surface area is 170 Å². The highest BCUT2D eigenvalue weighted by Gasteiger charge is 2.28. The van der Waals surface area contributed by atoms with E-state index >= 15 is 0 Å². The van der Waals surface area contributed by atoms with Gasteiger partial charge in [-0.05, 0) is 24.1 Å². The number of carbonyl (C=O) groups excluding carboxylic acids is 1. The molecule has 0 atom stereocenters. The summed E-state index contributed by atoms with van der Waals surface area (Å²) in [5.41, 5.74) is 3.13. The fourth-order valence-corrected chi connectivity index (χ4v) is 3.78. The van der Waals surface area contributed by atoms with Crippen molar-refractivity contribution < 1.29 is 14.2 Å². The quantitative estimate of drug-likeness (QED) is 0.678. The lowest BCUT2D eigenvalue weighted by Crippen LogP contribution is -3.11. The molecule has 2 aromatic carbocycles. The molecule has 29 heavy (non-hydrogen) atoms. The van der Waals surface area contributed by atoms with E-state index in [9.17, 15) is 4.79 Å². The molecule has 4 rings (SSSR count). The number of rotatable bonds is 6. The Balaban J connectivity index is 1.28. The second-order valence-corrected chi connectivity index (χ2v) is 7.62. The predicted molar refractivity (Wildman–Crippen MR) is 111 cm³/mol. The highest BCUT2D eigenvalue weighted by atomic mass is 16.5. The van der Waals surface area contributed by atoms with Gasteiger partial charge in [0.1, 0.15) is 0 Å². The number of hydrogen-bond acceptors (Lipinski definition) is 4. The predicted octanol–water partition coefficient (Wildman–Crippen LogP) is 2.73. The maximum Gasteiger partial charge on any atom is 0.282 e. The van der Waals surface area contributed by atoms with E-state index in [1.54, 1.807) is 0 Å². The molecule has 1 saturated heterocycles. The average Bonchev–Trinajstić information content (AvgIpc) is 3.23. The third kappa shape index (κ3) is 4.90. The zero-order valence-corrected chi connectivity index (χ0v) is 16.7. The molecule has 0 aliphatic carbocycles. The van der Waals surface area contributed by atoms with Crippen LogP contribution in [0.1, 0.15) is 31.2 Å². The second-order valence-electron chi connectivity index (χ2n) is 7.62. The zero-order valence-electron chi connectivity index (χ0n) is 16.7. The number of carbonyl (C=O) groups is 1. The molecule has 1 aliphatic rings. The molecule has 0 unspecified atom stereocenters. The largest absolute Gasteiger partial charge is 0.333 e. The number of likely N-dealkylation sites (tertiary alicyclic amines) is 1. The fourth-order valence-electron chi connectivity index (χ4n) is 3.78. The summed E-state index contributed by atoms with van der Waals surface area (Å²) in [6, 6.07) is 17.9. The van der Waals surface area contributed by atoms with E-state index in [0.29, 0.717) is 18.3 Å². The molecule has 0 spiro atoms. The summed E-state index contributed by atoms with van der Waals surface area (Å²) >= 11 is 0. The molecule has 1 aliphatic heterocycles. The van der Waals surface area contributed by atoms with Gasteiger partial charge in [-0.2, -0.15) is 4.98 Å². The fraction of sp³-hybridized carbons (Fsp3) is 0.348. The number of hydrogen-bond donors (Lipinski definition) is 2. The van der Waals surface area contributed by atoms with Crippen LogP contribution in [0.4, 0.5) is 5.69 Å². The molecule has 0 bridgehead atoms. The number of anilines is 1. The normalized spacial score (nSPS) is 19.1. The van der Waals surface area contributed by atoms with Crippen molar-refractivity contribution in [1.29, 1.82) is 0 Å². The molecule has 2 heterocycles. The molecule has 1 fully saturated rings. The molecule has 0 saturated carbocycles. The number of nitrogens with one attached hydrogen (secondary N) is 2. The lowest BCUT2D eigenvalue weighted by Gasteiger charge is -2.27. The topological polar surface area (TPSA) is 72.5 Å². The first-order chi connectivity index (χ1) is 14.2. The van der Waals surface area contributed by atoms with Crippen molar-refractivity contribution >= 4 is 11.6 Å². The first-order valence-corrected chi connectivity index (χ1v) is 10.3. The van der Waals surface area contributed by atoms with E-state index in [-0.39, 0.29) is 11.8 Å². The van der Waals surface area contributed by atoms with Gasteiger partial charge in [0.2, 0.25) is 11.7 Å². The molecular weight excluding hydrogens is 364 g/mol. The van der Waals surface area contributed by atoms with Gasteiger partial charge in [0.15, 0.2) is 6.54 Å². The molecule has 3 aromatic rings. The van der Waals surface area contributed by atoms with E-state index in [1.807, 2.05) is 42.5 Å². The van der Waals surface area contributed by atoms with Gasteiger partial charge in [0.25, 0.3) is 5.89 Å². The zero-order chi connectivity index (χ0) is 20.1. The van der Waals surface area contributed by atoms with E-state index in [1.165, 1.54) is 10.5 Å². The van der Waals surface area contributed by atoms with Crippen molar-refractivity contribution in [2.75, 3.05) is 18.4 Å². The van der Waals surface area contributed by atoms with Crippen molar-refractivity contribution in [3.05, 3.63) is 66.1 Å². The van der Waals surface area contributed by atoms with E-state index < -0.39 is 0 Å². The standard InChI is InChI=1S/C23H26N4O2/c1-2-17-8-10-18(11-9-17)22-25-21(29-26-22)16-27-14-12-19(13-15-27)23(28)24-20-6-4-3-5-7-20/h3-11,19H,2,12-16H2,1H3,(H,24,28)/p+1. The smallest absolute Gasteiger partial charge is 0.282 e. The third-order valence-corrected chi connectivity index (χ3v) is 5.59. The van der Waals surface area contributed by atoms with Crippen LogP contribution in [0, 0.1) is 5.92 Å². The average molecular weight is 391 g/mol. The highest BCUT2D eigenvalue weighted by Crippen LogP contribution is 2.17. The number of para-hydroxylation sites is 1. The van der Waals surface area contributed by atoms with Gasteiger partial charge in [0.05, 0.1) is 13.1 Å². The minimum Gasteiger partial charge on any atom is -0.333 e. The molecule has 1 aromatic heterocycles. The van der Waals surface area contributed by atoms with Crippen molar-refractivity contribution in [1.82, 2.24) is 10.1 Å². The van der Waals surface area contributed by atoms with E-state index in [2.05, 4.69) is 34.5 Å². The molecule has 6 heteroatoms. The van der Waals surface area contributed by atoms with Crippen molar-refractivity contribution in [3.8, 4) is 11.4 Å². The Morgan fingerprint density at radius 3 is 2.52 bits per heavy atom. The van der Waals surface area contributed by atoms with Gasteiger partial charge >= 0.3 is 0 Å². The number of benzene rings is 2. The van der Waals surface area contributed by atoms with Crippen LogP contribution in [0.15, 0.2) is 59.1 Å². The number of quaternary nitrogens is 1. The molecule has 2 N–H and O–H groups in total. The minimum absolute atomic E-state index is 0.0642. The Morgan fingerprint density at radius 1 is 1.10 bits per heavy atom. The Morgan fingerprint density at radius 2 is 1.83 bits per heavy atom. The third-order valence-electron chi connectivity index (χ3n) is 5.59. The number of nitrogens with zero attached hydrogens (tertiary/aromatic N) is 2. The first kappa shape index (κ1) is 19.3. The van der Waals surface area contributed by atoms with Crippen LogP contribution in [0.2, 0.25) is 0 Å². The SMILES string of the molecule is CCc1ccc(-c2noc(C[NH+]3CCC(C(=O)Nc4ccccc4)CC3)n2)cc1. The monoisotopic (exact) mass is 391 g/mol. The summed E-state index contributed by atoms with van der Waals surface area (Å²) in [5, 5.41) is 7.15. The van der Waals surface area contributed by atoms with Crippen LogP contribution < -0.4 is 10.2 Å². The lowest BCUT2D eigenvalue weighted by atomic mass is 9.96. The molecule has 1 amide bonds. The highest BCUT2D eigenvalue weighted by molar-refractivity contribution is 5.92. The summed E-state index contributed by atoms with van der Waals surface area (Å²) in [4.78, 5) is 18.4. The van der Waals surface area contributed by atoms with Crippen molar-refractivity contribution in [2.45, 2.75) is 32.7 Å². The minimum atomic E-state index is 0.0642. The van der Waals surface area contributed by atoms with E-state index in [0.717, 1.165) is 43.6 Å². The summed E-state index contributed by atoms with van der Waals surface area (Å²) in [6.45, 7) is 4.69. The van der Waals surface area contributed by atoms with Crippen LogP contribution in [0.25, 0.3) is 11.4 Å².